The topological polar surface area (TPSA) is 37.7 Å². The Morgan fingerprint density at radius 3 is 2.62 bits per heavy atom. The van der Waals surface area contributed by atoms with Gasteiger partial charge in [-0.1, -0.05) is 17.7 Å². The van der Waals surface area contributed by atoms with E-state index in [2.05, 4.69) is 43.8 Å². The highest BCUT2D eigenvalue weighted by Crippen LogP contribution is 2.19. The van der Waals surface area contributed by atoms with Crippen LogP contribution in [-0.4, -0.2) is 46.0 Å². The van der Waals surface area contributed by atoms with Crippen LogP contribution in [0.1, 0.15) is 17.5 Å². The Kier molecular flexibility index (Phi) is 8.08. The average molecular weight is 310 g/mol. The van der Waals surface area contributed by atoms with Crippen molar-refractivity contribution in [1.82, 2.24) is 10.6 Å². The summed E-state index contributed by atoms with van der Waals surface area (Å²) >= 11 is 5.28. The maximum Gasteiger partial charge on any atom is 0.166 e. The smallest absolute Gasteiger partial charge is 0.166 e. The third-order valence-corrected chi connectivity index (χ3v) is 3.54. The largest absolute Gasteiger partial charge is 0.496 e. The zero-order valence-electron chi connectivity index (χ0n) is 13.6. The van der Waals surface area contributed by atoms with Gasteiger partial charge in [-0.05, 0) is 37.2 Å². The average Bonchev–Trinajstić information content (AvgIpc) is 2.44. The van der Waals surface area contributed by atoms with Gasteiger partial charge >= 0.3 is 0 Å². The van der Waals surface area contributed by atoms with Crippen LogP contribution in [0.2, 0.25) is 0 Å². The molecule has 0 amide bonds. The molecule has 1 rings (SSSR count). The molecule has 0 radical (unpaired) electrons. The van der Waals surface area contributed by atoms with Gasteiger partial charge in [-0.3, -0.25) is 0 Å². The Bertz CT molecular complexity index is 449. The number of rotatable bonds is 8. The first-order valence-electron chi connectivity index (χ1n) is 7.47. The van der Waals surface area contributed by atoms with Crippen molar-refractivity contribution in [3.05, 3.63) is 29.3 Å². The molecule has 0 saturated carbocycles. The molecular weight excluding hydrogens is 282 g/mol. The molecule has 0 saturated heterocycles. The normalized spacial score (nSPS) is 10.5. The summed E-state index contributed by atoms with van der Waals surface area (Å²) in [6, 6.07) is 6.25. The van der Waals surface area contributed by atoms with E-state index in [1.807, 2.05) is 6.07 Å². The molecule has 0 aliphatic heterocycles. The van der Waals surface area contributed by atoms with Crippen LogP contribution >= 0.6 is 12.2 Å². The molecule has 0 aliphatic rings. The summed E-state index contributed by atoms with van der Waals surface area (Å²) < 4.78 is 5.38. The highest BCUT2D eigenvalue weighted by Gasteiger charge is 2.03. The second-order valence-corrected chi connectivity index (χ2v) is 5.97. The third-order valence-electron chi connectivity index (χ3n) is 3.25. The Morgan fingerprint density at radius 2 is 1.95 bits per heavy atom. The summed E-state index contributed by atoms with van der Waals surface area (Å²) in [5.41, 5.74) is 2.46. The third kappa shape index (κ3) is 7.29. The van der Waals surface area contributed by atoms with Crippen LogP contribution in [0.25, 0.3) is 0 Å². The van der Waals surface area contributed by atoms with Crippen LogP contribution in [0.3, 0.4) is 0 Å². The van der Waals surface area contributed by atoms with Gasteiger partial charge in [-0.2, -0.15) is 0 Å². The van der Waals surface area contributed by atoms with Crippen LogP contribution in [0, 0.1) is 6.92 Å². The minimum Gasteiger partial charge on any atom is -0.496 e. The maximum atomic E-state index is 5.38. The molecule has 1 aromatic carbocycles. The highest BCUT2D eigenvalue weighted by atomic mass is 32.1. The fourth-order valence-electron chi connectivity index (χ4n) is 2.12. The number of benzene rings is 1. The number of aryl methyl sites for hydroxylation is 1. The predicted octanol–water partition coefficient (Wildman–Crippen LogP) is 0.545. The quantitative estimate of drug-likeness (QED) is 0.484. The second-order valence-electron chi connectivity index (χ2n) is 5.56. The number of nitrogens with one attached hydrogen (secondary N) is 3. The minimum atomic E-state index is 0.732. The van der Waals surface area contributed by atoms with Crippen LogP contribution in [0.5, 0.6) is 5.75 Å². The molecule has 21 heavy (non-hydrogen) atoms. The molecular formula is C16H28N3OS+. The number of methoxy groups -OCH3 is 1. The van der Waals surface area contributed by atoms with Gasteiger partial charge in [-0.15, -0.1) is 0 Å². The van der Waals surface area contributed by atoms with E-state index in [1.54, 1.807) is 7.11 Å². The van der Waals surface area contributed by atoms with E-state index in [1.165, 1.54) is 16.0 Å². The molecule has 5 heteroatoms. The molecule has 0 heterocycles. The van der Waals surface area contributed by atoms with Gasteiger partial charge in [0.1, 0.15) is 5.75 Å². The number of hydrogen-bond donors (Lipinski definition) is 3. The van der Waals surface area contributed by atoms with Crippen molar-refractivity contribution < 1.29 is 9.64 Å². The number of quaternary nitrogens is 1. The lowest BCUT2D eigenvalue weighted by atomic mass is 10.1. The number of ether oxygens (including phenoxy) is 1. The van der Waals surface area contributed by atoms with E-state index in [9.17, 15) is 0 Å². The van der Waals surface area contributed by atoms with Gasteiger partial charge < -0.3 is 20.3 Å². The summed E-state index contributed by atoms with van der Waals surface area (Å²) in [7, 11) is 6.03. The summed E-state index contributed by atoms with van der Waals surface area (Å²) in [5, 5.41) is 7.22. The zero-order valence-corrected chi connectivity index (χ0v) is 14.4. The Hall–Kier alpha value is -1.33. The molecule has 0 aliphatic carbocycles. The zero-order chi connectivity index (χ0) is 15.7. The molecule has 0 atom stereocenters. The summed E-state index contributed by atoms with van der Waals surface area (Å²) in [4.78, 5) is 1.46. The predicted molar refractivity (Wildman–Crippen MR) is 92.3 cm³/mol. The molecule has 3 N–H and O–H groups in total. The first-order valence-corrected chi connectivity index (χ1v) is 7.88. The lowest BCUT2D eigenvalue weighted by molar-refractivity contribution is -0.858. The summed E-state index contributed by atoms with van der Waals surface area (Å²) in [6.45, 7) is 4.97. The SMILES string of the molecule is COc1ccc(C)cc1CCNC(=S)NCCC[NH+](C)C. The fraction of sp³-hybridized carbons (Fsp3) is 0.562. The lowest BCUT2D eigenvalue weighted by Gasteiger charge is -2.13. The standard InChI is InChI=1S/C16H27N3OS/c1-13-6-7-15(20-4)14(12-13)8-10-18-16(21)17-9-5-11-19(2)3/h6-7,12H,5,8-11H2,1-4H3,(H2,17,18,21)/p+1. The molecule has 4 nitrogen and oxygen atoms in total. The minimum absolute atomic E-state index is 0.732. The van der Waals surface area contributed by atoms with E-state index in [0.29, 0.717) is 0 Å². The van der Waals surface area contributed by atoms with Crippen molar-refractivity contribution >= 4 is 17.3 Å². The van der Waals surface area contributed by atoms with Crippen LogP contribution in [0.4, 0.5) is 0 Å². The Labute approximate surface area is 133 Å². The molecule has 0 spiro atoms. The Balaban J connectivity index is 2.27. The summed E-state index contributed by atoms with van der Waals surface area (Å²) in [5.74, 6) is 0.940. The van der Waals surface area contributed by atoms with Crippen molar-refractivity contribution in [2.45, 2.75) is 19.8 Å². The van der Waals surface area contributed by atoms with Gasteiger partial charge in [0.05, 0.1) is 27.7 Å². The fourth-order valence-corrected chi connectivity index (χ4v) is 2.32. The van der Waals surface area contributed by atoms with E-state index in [4.69, 9.17) is 17.0 Å². The van der Waals surface area contributed by atoms with E-state index in [-0.39, 0.29) is 0 Å². The van der Waals surface area contributed by atoms with Crippen LogP contribution in [0.15, 0.2) is 18.2 Å². The Morgan fingerprint density at radius 1 is 1.24 bits per heavy atom. The molecule has 118 valence electrons. The van der Waals surface area contributed by atoms with E-state index >= 15 is 0 Å². The molecule has 1 aromatic rings. The van der Waals surface area contributed by atoms with Crippen molar-refractivity contribution in [2.24, 2.45) is 0 Å². The van der Waals surface area contributed by atoms with Gasteiger partial charge in [0.25, 0.3) is 0 Å². The number of hydrogen-bond acceptors (Lipinski definition) is 2. The van der Waals surface area contributed by atoms with Gasteiger partial charge in [-0.25, -0.2) is 0 Å². The lowest BCUT2D eigenvalue weighted by Crippen LogP contribution is -3.05. The number of thiocarbonyl (C=S) groups is 1. The first kappa shape index (κ1) is 17.7. The molecule has 0 unspecified atom stereocenters. The maximum absolute atomic E-state index is 5.38. The van der Waals surface area contributed by atoms with Crippen molar-refractivity contribution in [3.63, 3.8) is 0 Å². The molecule has 0 bridgehead atoms. The molecule has 0 aromatic heterocycles. The first-order chi connectivity index (χ1) is 10.0. The van der Waals surface area contributed by atoms with Crippen molar-refractivity contribution in [3.8, 4) is 5.75 Å². The van der Waals surface area contributed by atoms with Gasteiger partial charge in [0, 0.05) is 19.5 Å². The van der Waals surface area contributed by atoms with Gasteiger partial charge in [0.15, 0.2) is 5.11 Å². The molecule has 0 fully saturated rings. The van der Waals surface area contributed by atoms with Gasteiger partial charge in [0.2, 0.25) is 0 Å². The second kappa shape index (κ2) is 9.58. The summed E-state index contributed by atoms with van der Waals surface area (Å²) in [6.07, 6.45) is 2.02. The highest BCUT2D eigenvalue weighted by molar-refractivity contribution is 7.80. The van der Waals surface area contributed by atoms with Crippen molar-refractivity contribution in [1.29, 1.82) is 0 Å². The monoisotopic (exact) mass is 310 g/mol. The van der Waals surface area contributed by atoms with E-state index in [0.717, 1.165) is 43.3 Å². The van der Waals surface area contributed by atoms with Crippen LogP contribution in [-0.2, 0) is 6.42 Å². The van der Waals surface area contributed by atoms with E-state index < -0.39 is 0 Å². The van der Waals surface area contributed by atoms with Crippen molar-refractivity contribution in [2.75, 3.05) is 40.8 Å². The van der Waals surface area contributed by atoms with Crippen LogP contribution < -0.4 is 20.3 Å².